The zero-order chi connectivity index (χ0) is 16.3. The number of hydrogen-bond donors (Lipinski definition) is 2. The molecule has 1 amide bonds. The number of amides is 1. The predicted molar refractivity (Wildman–Crippen MR) is 85.7 cm³/mol. The summed E-state index contributed by atoms with van der Waals surface area (Å²) < 4.78 is 3.63. The van der Waals surface area contributed by atoms with Gasteiger partial charge in [0.2, 0.25) is 5.91 Å². The highest BCUT2D eigenvalue weighted by molar-refractivity contribution is 5.95. The molecule has 0 aliphatic carbocycles. The Hall–Kier alpha value is -2.15. The molecule has 2 aromatic rings. The average Bonchev–Trinajstić information content (AvgIpc) is 2.97. The van der Waals surface area contributed by atoms with Gasteiger partial charge < -0.3 is 10.6 Å². The molecule has 22 heavy (non-hydrogen) atoms. The first kappa shape index (κ1) is 16.2. The Labute approximate surface area is 130 Å². The molecule has 7 nitrogen and oxygen atoms in total. The first-order chi connectivity index (χ1) is 10.4. The maximum atomic E-state index is 12.2. The normalized spacial score (nSPS) is 12.4. The Kier molecular flexibility index (Phi) is 4.97. The quantitative estimate of drug-likeness (QED) is 0.839. The SMILES string of the molecule is Cc1cnn(CCN[C@H](C)C(=O)Nc2c(C)nn(C)c2C)c1. The third kappa shape index (κ3) is 3.73. The molecule has 2 aromatic heterocycles. The molecular formula is C15H24N6O. The average molecular weight is 304 g/mol. The fourth-order valence-electron chi connectivity index (χ4n) is 2.26. The Bertz CT molecular complexity index is 657. The van der Waals surface area contributed by atoms with Gasteiger partial charge in [-0.1, -0.05) is 0 Å². The van der Waals surface area contributed by atoms with Crippen LogP contribution in [-0.2, 0) is 18.4 Å². The van der Waals surface area contributed by atoms with E-state index in [1.54, 1.807) is 4.68 Å². The summed E-state index contributed by atoms with van der Waals surface area (Å²) in [7, 11) is 1.87. The van der Waals surface area contributed by atoms with Gasteiger partial charge in [-0.2, -0.15) is 10.2 Å². The highest BCUT2D eigenvalue weighted by Gasteiger charge is 2.16. The number of nitrogens with zero attached hydrogens (tertiary/aromatic N) is 4. The molecule has 0 aliphatic heterocycles. The lowest BCUT2D eigenvalue weighted by Crippen LogP contribution is -2.39. The van der Waals surface area contributed by atoms with Crippen molar-refractivity contribution in [1.29, 1.82) is 0 Å². The fourth-order valence-corrected chi connectivity index (χ4v) is 2.26. The molecule has 1 atom stereocenters. The van der Waals surface area contributed by atoms with Gasteiger partial charge in [0, 0.05) is 19.8 Å². The lowest BCUT2D eigenvalue weighted by Gasteiger charge is -2.14. The maximum Gasteiger partial charge on any atom is 0.241 e. The van der Waals surface area contributed by atoms with Crippen LogP contribution in [0.4, 0.5) is 5.69 Å². The van der Waals surface area contributed by atoms with Crippen molar-refractivity contribution in [2.75, 3.05) is 11.9 Å². The van der Waals surface area contributed by atoms with Crippen LogP contribution in [0.2, 0.25) is 0 Å². The summed E-state index contributed by atoms with van der Waals surface area (Å²) in [6.07, 6.45) is 3.80. The minimum absolute atomic E-state index is 0.0594. The number of aryl methyl sites for hydroxylation is 3. The molecule has 0 aliphatic rings. The number of aromatic nitrogens is 4. The van der Waals surface area contributed by atoms with E-state index < -0.39 is 0 Å². The second kappa shape index (κ2) is 6.74. The molecule has 0 unspecified atom stereocenters. The van der Waals surface area contributed by atoms with Crippen LogP contribution in [0.25, 0.3) is 0 Å². The monoisotopic (exact) mass is 304 g/mol. The summed E-state index contributed by atoms with van der Waals surface area (Å²) in [5.41, 5.74) is 3.70. The van der Waals surface area contributed by atoms with E-state index in [0.29, 0.717) is 6.54 Å². The zero-order valence-corrected chi connectivity index (χ0v) is 13.8. The molecule has 120 valence electrons. The van der Waals surface area contributed by atoms with Crippen LogP contribution in [-0.4, -0.2) is 38.1 Å². The molecule has 0 bridgehead atoms. The molecule has 0 aromatic carbocycles. The van der Waals surface area contributed by atoms with Crippen molar-refractivity contribution in [3.05, 3.63) is 29.3 Å². The second-order valence-electron chi connectivity index (χ2n) is 5.62. The van der Waals surface area contributed by atoms with Crippen LogP contribution in [0, 0.1) is 20.8 Å². The van der Waals surface area contributed by atoms with Gasteiger partial charge in [-0.25, -0.2) is 0 Å². The lowest BCUT2D eigenvalue weighted by molar-refractivity contribution is -0.117. The van der Waals surface area contributed by atoms with E-state index in [2.05, 4.69) is 20.8 Å². The third-order valence-electron chi connectivity index (χ3n) is 3.70. The number of anilines is 1. The lowest BCUT2D eigenvalue weighted by atomic mass is 10.2. The number of carbonyl (C=O) groups excluding carboxylic acids is 1. The van der Waals surface area contributed by atoms with Gasteiger partial charge in [0.15, 0.2) is 0 Å². The Morgan fingerprint density at radius 3 is 2.64 bits per heavy atom. The Morgan fingerprint density at radius 1 is 1.36 bits per heavy atom. The van der Waals surface area contributed by atoms with Gasteiger partial charge in [0.05, 0.1) is 35.9 Å². The van der Waals surface area contributed by atoms with Crippen molar-refractivity contribution < 1.29 is 4.79 Å². The minimum Gasteiger partial charge on any atom is -0.322 e. The molecule has 0 saturated carbocycles. The van der Waals surface area contributed by atoms with Crippen molar-refractivity contribution >= 4 is 11.6 Å². The molecule has 2 N–H and O–H groups in total. The van der Waals surface area contributed by atoms with Gasteiger partial charge in [-0.15, -0.1) is 0 Å². The van der Waals surface area contributed by atoms with E-state index >= 15 is 0 Å². The molecule has 2 rings (SSSR count). The second-order valence-corrected chi connectivity index (χ2v) is 5.62. The van der Waals surface area contributed by atoms with Crippen LogP contribution >= 0.6 is 0 Å². The molecule has 0 radical (unpaired) electrons. The highest BCUT2D eigenvalue weighted by atomic mass is 16.2. The van der Waals surface area contributed by atoms with Crippen molar-refractivity contribution in [3.63, 3.8) is 0 Å². The summed E-state index contributed by atoms with van der Waals surface area (Å²) in [6, 6.07) is -0.282. The number of nitrogens with one attached hydrogen (secondary N) is 2. The van der Waals surface area contributed by atoms with Crippen molar-refractivity contribution in [1.82, 2.24) is 24.9 Å². The summed E-state index contributed by atoms with van der Waals surface area (Å²) in [5.74, 6) is -0.0594. The van der Waals surface area contributed by atoms with Gasteiger partial charge in [0.25, 0.3) is 0 Å². The zero-order valence-electron chi connectivity index (χ0n) is 13.8. The van der Waals surface area contributed by atoms with Crippen LogP contribution in [0.3, 0.4) is 0 Å². The molecule has 0 fully saturated rings. The Morgan fingerprint density at radius 2 is 2.09 bits per heavy atom. The summed E-state index contributed by atoms with van der Waals surface area (Å²) >= 11 is 0. The van der Waals surface area contributed by atoms with E-state index in [-0.39, 0.29) is 11.9 Å². The standard InChI is InChI=1S/C15H24N6O/c1-10-8-17-21(9-10)7-6-16-12(3)15(22)18-14-11(2)19-20(5)13(14)4/h8-9,12,16H,6-7H2,1-5H3,(H,18,22)/t12-/m1/s1. The van der Waals surface area contributed by atoms with Crippen LogP contribution in [0.15, 0.2) is 12.4 Å². The van der Waals surface area contributed by atoms with Gasteiger partial charge >= 0.3 is 0 Å². The van der Waals surface area contributed by atoms with Gasteiger partial charge in [-0.05, 0) is 33.3 Å². The van der Waals surface area contributed by atoms with E-state index in [1.165, 1.54) is 0 Å². The predicted octanol–water partition coefficient (Wildman–Crippen LogP) is 1.16. The third-order valence-corrected chi connectivity index (χ3v) is 3.70. The van der Waals surface area contributed by atoms with Crippen molar-refractivity contribution in [3.8, 4) is 0 Å². The summed E-state index contributed by atoms with van der Waals surface area (Å²) in [5, 5.41) is 14.7. The first-order valence-electron chi connectivity index (χ1n) is 7.42. The smallest absolute Gasteiger partial charge is 0.241 e. The summed E-state index contributed by atoms with van der Waals surface area (Å²) in [6.45, 7) is 9.10. The van der Waals surface area contributed by atoms with Crippen LogP contribution in [0.5, 0.6) is 0 Å². The molecule has 2 heterocycles. The largest absolute Gasteiger partial charge is 0.322 e. The van der Waals surface area contributed by atoms with Crippen LogP contribution < -0.4 is 10.6 Å². The fraction of sp³-hybridized carbons (Fsp3) is 0.533. The molecule has 0 spiro atoms. The van der Waals surface area contributed by atoms with Gasteiger partial charge in [0.1, 0.15) is 0 Å². The van der Waals surface area contributed by atoms with Gasteiger partial charge in [-0.3, -0.25) is 14.2 Å². The van der Waals surface area contributed by atoms with Crippen LogP contribution in [0.1, 0.15) is 23.9 Å². The Balaban J connectivity index is 1.84. The molecular weight excluding hydrogens is 280 g/mol. The first-order valence-corrected chi connectivity index (χ1v) is 7.42. The van der Waals surface area contributed by atoms with E-state index in [1.807, 2.05) is 51.8 Å². The summed E-state index contributed by atoms with van der Waals surface area (Å²) in [4.78, 5) is 12.2. The topological polar surface area (TPSA) is 76.8 Å². The number of rotatable bonds is 6. The highest BCUT2D eigenvalue weighted by Crippen LogP contribution is 2.18. The number of hydrogen-bond acceptors (Lipinski definition) is 4. The van der Waals surface area contributed by atoms with E-state index in [4.69, 9.17) is 0 Å². The minimum atomic E-state index is -0.282. The molecule has 7 heteroatoms. The van der Waals surface area contributed by atoms with Crippen molar-refractivity contribution in [2.24, 2.45) is 7.05 Å². The van der Waals surface area contributed by atoms with E-state index in [0.717, 1.165) is 29.2 Å². The molecule has 0 saturated heterocycles. The maximum absolute atomic E-state index is 12.2. The van der Waals surface area contributed by atoms with Crippen molar-refractivity contribution in [2.45, 2.75) is 40.3 Å². The van der Waals surface area contributed by atoms with E-state index in [9.17, 15) is 4.79 Å². The number of carbonyl (C=O) groups is 1.